The van der Waals surface area contributed by atoms with Gasteiger partial charge in [-0.1, -0.05) is 60.7 Å². The number of carbonyl (C=O) groups excluding carboxylic acids is 1. The van der Waals surface area contributed by atoms with Crippen molar-refractivity contribution in [3.05, 3.63) is 108 Å². The summed E-state index contributed by atoms with van der Waals surface area (Å²) >= 11 is 0. The average molecular weight is 380 g/mol. The average Bonchev–Trinajstić information content (AvgIpc) is 2.75. The number of esters is 1. The van der Waals surface area contributed by atoms with Crippen molar-refractivity contribution in [2.45, 2.75) is 6.92 Å². The Morgan fingerprint density at radius 3 is 2.52 bits per heavy atom. The molecule has 0 atom stereocenters. The van der Waals surface area contributed by atoms with E-state index in [0.29, 0.717) is 11.3 Å². The molecule has 0 radical (unpaired) electrons. The molecular weight excluding hydrogens is 360 g/mol. The summed E-state index contributed by atoms with van der Waals surface area (Å²) in [5.74, 6) is 0.0644. The summed E-state index contributed by atoms with van der Waals surface area (Å²) in [5, 5.41) is 6.38. The minimum absolute atomic E-state index is 0.401. The summed E-state index contributed by atoms with van der Waals surface area (Å²) < 4.78 is 5.70. The first-order valence-electron chi connectivity index (χ1n) is 9.35. The number of ether oxygens (including phenoxy) is 1. The van der Waals surface area contributed by atoms with Crippen molar-refractivity contribution in [2.24, 2.45) is 5.10 Å². The Labute approximate surface area is 169 Å². The second kappa shape index (κ2) is 8.40. The fourth-order valence-corrected chi connectivity index (χ4v) is 3.12. The van der Waals surface area contributed by atoms with E-state index in [1.807, 2.05) is 79.7 Å². The molecule has 0 bridgehead atoms. The van der Waals surface area contributed by atoms with Crippen LogP contribution in [-0.4, -0.2) is 12.2 Å². The van der Waals surface area contributed by atoms with Crippen molar-refractivity contribution in [1.82, 2.24) is 0 Å². The van der Waals surface area contributed by atoms with Crippen LogP contribution >= 0.6 is 0 Å². The van der Waals surface area contributed by atoms with Crippen molar-refractivity contribution in [2.75, 3.05) is 5.43 Å². The Balaban J connectivity index is 1.67. The summed E-state index contributed by atoms with van der Waals surface area (Å²) in [6.07, 6.45) is 1.69. The number of hydrazone groups is 1. The van der Waals surface area contributed by atoms with Crippen molar-refractivity contribution in [1.29, 1.82) is 0 Å². The Bertz CT molecular complexity index is 1180. The molecular formula is C25H20N2O2. The van der Waals surface area contributed by atoms with Gasteiger partial charge in [0.2, 0.25) is 0 Å². The molecule has 4 aromatic carbocycles. The third-order valence-corrected chi connectivity index (χ3v) is 4.55. The maximum absolute atomic E-state index is 12.6. The zero-order valence-electron chi connectivity index (χ0n) is 16.0. The van der Waals surface area contributed by atoms with Gasteiger partial charge in [-0.2, -0.15) is 5.10 Å². The lowest BCUT2D eigenvalue weighted by Gasteiger charge is -2.10. The quantitative estimate of drug-likeness (QED) is 0.206. The molecule has 0 fully saturated rings. The predicted octanol–water partition coefficient (Wildman–Crippen LogP) is 5.81. The summed E-state index contributed by atoms with van der Waals surface area (Å²) in [5.41, 5.74) is 6.32. The monoisotopic (exact) mass is 380 g/mol. The Morgan fingerprint density at radius 2 is 1.69 bits per heavy atom. The van der Waals surface area contributed by atoms with E-state index in [-0.39, 0.29) is 0 Å². The number of rotatable bonds is 5. The van der Waals surface area contributed by atoms with Gasteiger partial charge in [-0.3, -0.25) is 5.43 Å². The molecule has 0 aliphatic carbocycles. The molecule has 0 aromatic heterocycles. The number of hydrogen-bond donors (Lipinski definition) is 1. The molecule has 0 saturated heterocycles. The Kier molecular flexibility index (Phi) is 5.34. The van der Waals surface area contributed by atoms with Gasteiger partial charge in [-0.15, -0.1) is 0 Å². The molecule has 4 nitrogen and oxygen atoms in total. The van der Waals surface area contributed by atoms with Crippen LogP contribution in [-0.2, 0) is 0 Å². The van der Waals surface area contributed by atoms with Gasteiger partial charge < -0.3 is 4.74 Å². The lowest BCUT2D eigenvalue weighted by molar-refractivity contribution is 0.0735. The van der Waals surface area contributed by atoms with Crippen molar-refractivity contribution >= 4 is 28.6 Å². The van der Waals surface area contributed by atoms with Crippen LogP contribution in [0.5, 0.6) is 5.75 Å². The van der Waals surface area contributed by atoms with Gasteiger partial charge in [0.25, 0.3) is 0 Å². The van der Waals surface area contributed by atoms with Crippen LogP contribution in [0, 0.1) is 6.92 Å². The van der Waals surface area contributed by atoms with E-state index in [2.05, 4.69) is 10.5 Å². The second-order valence-corrected chi connectivity index (χ2v) is 6.69. The molecule has 0 aliphatic heterocycles. The van der Waals surface area contributed by atoms with Crippen molar-refractivity contribution in [3.63, 3.8) is 0 Å². The first-order valence-corrected chi connectivity index (χ1v) is 9.35. The SMILES string of the molecule is Cc1cccc(N/N=C/c2c(OC(=O)c3ccccc3)ccc3ccccc23)c1. The minimum Gasteiger partial charge on any atom is -0.422 e. The Hall–Kier alpha value is -3.92. The van der Waals surface area contributed by atoms with E-state index in [1.165, 1.54) is 0 Å². The second-order valence-electron chi connectivity index (χ2n) is 6.69. The van der Waals surface area contributed by atoms with Gasteiger partial charge in [0, 0.05) is 5.56 Å². The van der Waals surface area contributed by atoms with E-state index in [4.69, 9.17) is 4.74 Å². The first-order chi connectivity index (χ1) is 14.2. The van der Waals surface area contributed by atoms with E-state index in [0.717, 1.165) is 27.6 Å². The van der Waals surface area contributed by atoms with Crippen molar-refractivity contribution < 1.29 is 9.53 Å². The minimum atomic E-state index is -0.401. The van der Waals surface area contributed by atoms with Crippen LogP contribution in [0.15, 0.2) is 96.1 Å². The molecule has 4 rings (SSSR count). The van der Waals surface area contributed by atoms with Gasteiger partial charge in [-0.25, -0.2) is 4.79 Å². The maximum Gasteiger partial charge on any atom is 0.343 e. The number of benzene rings is 4. The third-order valence-electron chi connectivity index (χ3n) is 4.55. The molecule has 142 valence electrons. The normalized spacial score (nSPS) is 10.9. The summed E-state index contributed by atoms with van der Waals surface area (Å²) in [4.78, 5) is 12.6. The largest absolute Gasteiger partial charge is 0.422 e. The lowest BCUT2D eigenvalue weighted by Crippen LogP contribution is -2.10. The standard InChI is InChI=1S/C25H20N2O2/c1-18-8-7-12-21(16-18)27-26-17-23-22-13-6-5-9-19(22)14-15-24(23)29-25(28)20-10-3-2-4-11-20/h2-17,27H,1H3/b26-17+. The lowest BCUT2D eigenvalue weighted by atomic mass is 10.0. The zero-order chi connectivity index (χ0) is 20.1. The van der Waals surface area contributed by atoms with Crippen LogP contribution in [0.2, 0.25) is 0 Å². The number of carbonyl (C=O) groups is 1. The number of hydrogen-bond acceptors (Lipinski definition) is 4. The van der Waals surface area contributed by atoms with Gasteiger partial charge in [0.05, 0.1) is 17.5 Å². The molecule has 0 aliphatic rings. The topological polar surface area (TPSA) is 50.7 Å². The fourth-order valence-electron chi connectivity index (χ4n) is 3.12. The molecule has 4 aromatic rings. The van der Waals surface area contributed by atoms with Crippen LogP contribution in [0.1, 0.15) is 21.5 Å². The highest BCUT2D eigenvalue weighted by Gasteiger charge is 2.13. The Morgan fingerprint density at radius 1 is 0.897 bits per heavy atom. The van der Waals surface area contributed by atoms with Gasteiger partial charge in [-0.05, 0) is 53.6 Å². The zero-order valence-corrected chi connectivity index (χ0v) is 16.0. The van der Waals surface area contributed by atoms with E-state index in [1.54, 1.807) is 24.4 Å². The van der Waals surface area contributed by atoms with E-state index in [9.17, 15) is 4.79 Å². The van der Waals surface area contributed by atoms with Gasteiger partial charge in [0.1, 0.15) is 5.75 Å². The molecule has 29 heavy (non-hydrogen) atoms. The molecule has 0 amide bonds. The molecule has 1 N–H and O–H groups in total. The maximum atomic E-state index is 12.6. The van der Waals surface area contributed by atoms with Crippen molar-refractivity contribution in [3.8, 4) is 5.75 Å². The van der Waals surface area contributed by atoms with Crippen LogP contribution in [0.25, 0.3) is 10.8 Å². The predicted molar refractivity (Wildman–Crippen MR) is 118 cm³/mol. The van der Waals surface area contributed by atoms with E-state index < -0.39 is 5.97 Å². The molecule has 0 spiro atoms. The van der Waals surface area contributed by atoms with E-state index >= 15 is 0 Å². The fraction of sp³-hybridized carbons (Fsp3) is 0.0400. The smallest absolute Gasteiger partial charge is 0.343 e. The highest BCUT2D eigenvalue weighted by Crippen LogP contribution is 2.27. The number of aryl methyl sites for hydroxylation is 1. The number of anilines is 1. The first kappa shape index (κ1) is 18.4. The highest BCUT2D eigenvalue weighted by atomic mass is 16.5. The summed E-state index contributed by atoms with van der Waals surface area (Å²) in [6, 6.07) is 28.6. The molecule has 4 heteroatoms. The van der Waals surface area contributed by atoms with Crippen LogP contribution < -0.4 is 10.2 Å². The van der Waals surface area contributed by atoms with Gasteiger partial charge >= 0.3 is 5.97 Å². The molecule has 0 heterocycles. The third kappa shape index (κ3) is 4.33. The number of fused-ring (bicyclic) bond motifs is 1. The van der Waals surface area contributed by atoms with Gasteiger partial charge in [0.15, 0.2) is 0 Å². The summed E-state index contributed by atoms with van der Waals surface area (Å²) in [6.45, 7) is 2.03. The number of nitrogens with zero attached hydrogens (tertiary/aromatic N) is 1. The highest BCUT2D eigenvalue weighted by molar-refractivity contribution is 6.04. The molecule has 0 saturated carbocycles. The van der Waals surface area contributed by atoms with Crippen LogP contribution in [0.3, 0.4) is 0 Å². The van der Waals surface area contributed by atoms with Crippen LogP contribution in [0.4, 0.5) is 5.69 Å². The summed E-state index contributed by atoms with van der Waals surface area (Å²) in [7, 11) is 0. The number of nitrogens with one attached hydrogen (secondary N) is 1. The molecule has 0 unspecified atom stereocenters.